The summed E-state index contributed by atoms with van der Waals surface area (Å²) >= 11 is 0. The molecule has 0 spiro atoms. The fourth-order valence-corrected chi connectivity index (χ4v) is 5.15. The van der Waals surface area contributed by atoms with Gasteiger partial charge in [-0.25, -0.2) is 0 Å². The molecule has 0 unspecified atom stereocenters. The molecule has 7 nitrogen and oxygen atoms in total. The molecule has 0 aliphatic carbocycles. The Hall–Kier alpha value is -2.12. The first-order valence-corrected chi connectivity index (χ1v) is 12.0. The number of hydrogen-bond donors (Lipinski definition) is 1. The van der Waals surface area contributed by atoms with Crippen LogP contribution in [0.5, 0.6) is 0 Å². The molecule has 2 saturated heterocycles. The molecule has 0 radical (unpaired) electrons. The maximum atomic E-state index is 12.8. The zero-order chi connectivity index (χ0) is 21.8. The number of likely N-dealkylation sites (N-methyl/N-ethyl adjacent to an activating group) is 1. The smallest absolute Gasteiger partial charge is 0.251 e. The Morgan fingerprint density at radius 3 is 2.52 bits per heavy atom. The van der Waals surface area contributed by atoms with Gasteiger partial charge in [-0.1, -0.05) is 6.92 Å². The number of nitrogens with zero attached hydrogens (tertiary/aromatic N) is 4. The minimum atomic E-state index is -0.0582. The minimum absolute atomic E-state index is 0.0465. The summed E-state index contributed by atoms with van der Waals surface area (Å²) in [6.45, 7) is 10.6. The topological polar surface area (TPSA) is 59.1 Å². The van der Waals surface area contributed by atoms with E-state index in [0.29, 0.717) is 12.1 Å². The second kappa shape index (κ2) is 10.0. The van der Waals surface area contributed by atoms with Gasteiger partial charge in [0, 0.05) is 51.9 Å². The Morgan fingerprint density at radius 2 is 1.77 bits per heavy atom. The molecule has 4 rings (SSSR count). The largest absolute Gasteiger partial charge is 0.358 e. The van der Waals surface area contributed by atoms with E-state index in [9.17, 15) is 9.59 Å². The van der Waals surface area contributed by atoms with Crippen molar-refractivity contribution in [2.24, 2.45) is 0 Å². The van der Waals surface area contributed by atoms with Crippen LogP contribution in [-0.2, 0) is 4.79 Å². The summed E-state index contributed by atoms with van der Waals surface area (Å²) in [7, 11) is 1.83. The number of piperidine rings is 1. The van der Waals surface area contributed by atoms with Gasteiger partial charge < -0.3 is 24.9 Å². The van der Waals surface area contributed by atoms with Crippen LogP contribution >= 0.6 is 0 Å². The zero-order valence-corrected chi connectivity index (χ0v) is 19.1. The van der Waals surface area contributed by atoms with Crippen molar-refractivity contribution in [3.8, 4) is 0 Å². The van der Waals surface area contributed by atoms with E-state index in [-0.39, 0.29) is 17.9 Å². The summed E-state index contributed by atoms with van der Waals surface area (Å²) in [6.07, 6.45) is 5.31. The van der Waals surface area contributed by atoms with Crippen LogP contribution in [0.2, 0.25) is 0 Å². The predicted molar refractivity (Wildman–Crippen MR) is 125 cm³/mol. The summed E-state index contributed by atoms with van der Waals surface area (Å²) in [6, 6.07) is 5.74. The van der Waals surface area contributed by atoms with Crippen LogP contribution in [0, 0.1) is 0 Å². The van der Waals surface area contributed by atoms with Gasteiger partial charge in [-0.3, -0.25) is 9.59 Å². The molecular formula is C24H37N5O2. The highest BCUT2D eigenvalue weighted by molar-refractivity contribution is 6.07. The maximum Gasteiger partial charge on any atom is 0.251 e. The van der Waals surface area contributed by atoms with Gasteiger partial charge in [0.05, 0.1) is 11.4 Å². The van der Waals surface area contributed by atoms with E-state index in [1.807, 2.05) is 25.2 Å². The van der Waals surface area contributed by atoms with Gasteiger partial charge >= 0.3 is 0 Å². The normalized spacial score (nSPS) is 22.3. The van der Waals surface area contributed by atoms with Crippen molar-refractivity contribution >= 4 is 23.2 Å². The number of hydrogen-bond acceptors (Lipinski definition) is 5. The number of carbonyl (C=O) groups excluding carboxylic acids is 2. The Bertz CT molecular complexity index is 790. The van der Waals surface area contributed by atoms with Gasteiger partial charge in [0.2, 0.25) is 5.91 Å². The molecule has 31 heavy (non-hydrogen) atoms. The van der Waals surface area contributed by atoms with Crippen LogP contribution < -0.4 is 15.1 Å². The quantitative estimate of drug-likeness (QED) is 0.676. The van der Waals surface area contributed by atoms with E-state index in [2.05, 4.69) is 26.9 Å². The molecule has 1 aromatic carbocycles. The Kier molecular flexibility index (Phi) is 7.13. The van der Waals surface area contributed by atoms with Gasteiger partial charge in [0.25, 0.3) is 5.91 Å². The summed E-state index contributed by atoms with van der Waals surface area (Å²) in [5.74, 6) is 0.0842. The molecule has 3 aliphatic rings. The number of amides is 2. The third-order valence-electron chi connectivity index (χ3n) is 6.97. The van der Waals surface area contributed by atoms with Crippen molar-refractivity contribution in [2.45, 2.75) is 45.1 Å². The zero-order valence-electron chi connectivity index (χ0n) is 19.1. The van der Waals surface area contributed by atoms with Crippen LogP contribution in [0.4, 0.5) is 11.4 Å². The molecule has 1 atom stereocenters. The lowest BCUT2D eigenvalue weighted by Crippen LogP contribution is -2.54. The molecule has 7 heteroatoms. The standard InChI is InChI=1S/C24H37N5O2/c1-3-11-27-14-16-28(17-15-27)12-6-10-25-23(30)19-8-9-20-22(18-19)26(2)24(31)21-7-4-5-13-29(20)21/h8-9,18,21H,3-7,10-17H2,1-2H3,(H,25,30)/t21-/m0/s1. The van der Waals surface area contributed by atoms with E-state index in [1.165, 1.54) is 13.0 Å². The number of nitrogens with one attached hydrogen (secondary N) is 1. The summed E-state index contributed by atoms with van der Waals surface area (Å²) in [4.78, 5) is 34.5. The highest BCUT2D eigenvalue weighted by atomic mass is 16.2. The Morgan fingerprint density at radius 1 is 1.03 bits per heavy atom. The van der Waals surface area contributed by atoms with Crippen molar-refractivity contribution in [3.63, 3.8) is 0 Å². The van der Waals surface area contributed by atoms with Gasteiger partial charge in [-0.2, -0.15) is 0 Å². The van der Waals surface area contributed by atoms with Gasteiger partial charge in [-0.15, -0.1) is 0 Å². The predicted octanol–water partition coefficient (Wildman–Crippen LogP) is 2.17. The summed E-state index contributed by atoms with van der Waals surface area (Å²) in [5, 5.41) is 3.06. The highest BCUT2D eigenvalue weighted by Gasteiger charge is 2.38. The lowest BCUT2D eigenvalue weighted by atomic mass is 9.96. The lowest BCUT2D eigenvalue weighted by molar-refractivity contribution is -0.120. The van der Waals surface area contributed by atoms with Gasteiger partial charge in [-0.05, 0) is 63.4 Å². The van der Waals surface area contributed by atoms with E-state index < -0.39 is 0 Å². The molecule has 2 amide bonds. The molecule has 2 fully saturated rings. The van der Waals surface area contributed by atoms with E-state index in [4.69, 9.17) is 0 Å². The molecule has 1 N–H and O–H groups in total. The van der Waals surface area contributed by atoms with Crippen molar-refractivity contribution in [3.05, 3.63) is 23.8 Å². The molecular weight excluding hydrogens is 390 g/mol. The van der Waals surface area contributed by atoms with Crippen LogP contribution in [0.1, 0.15) is 49.4 Å². The van der Waals surface area contributed by atoms with E-state index in [1.54, 1.807) is 4.90 Å². The van der Waals surface area contributed by atoms with Gasteiger partial charge in [0.15, 0.2) is 0 Å². The van der Waals surface area contributed by atoms with Crippen molar-refractivity contribution in [2.75, 3.05) is 69.2 Å². The second-order valence-electron chi connectivity index (χ2n) is 9.10. The molecule has 0 bridgehead atoms. The van der Waals surface area contributed by atoms with Crippen LogP contribution in [-0.4, -0.2) is 87.1 Å². The number of benzene rings is 1. The van der Waals surface area contributed by atoms with E-state index in [0.717, 1.165) is 76.3 Å². The Labute approximate surface area is 186 Å². The first kappa shape index (κ1) is 22.1. The van der Waals surface area contributed by atoms with Crippen LogP contribution in [0.15, 0.2) is 18.2 Å². The average molecular weight is 428 g/mol. The van der Waals surface area contributed by atoms with Crippen LogP contribution in [0.3, 0.4) is 0 Å². The number of anilines is 2. The fraction of sp³-hybridized carbons (Fsp3) is 0.667. The second-order valence-corrected chi connectivity index (χ2v) is 9.10. The third kappa shape index (κ3) is 4.88. The SMILES string of the molecule is CCCN1CCN(CCCNC(=O)c2ccc3c(c2)N(C)C(=O)[C@@H]2CCCCN32)CC1. The molecule has 170 valence electrons. The number of rotatable bonds is 7. The first-order valence-electron chi connectivity index (χ1n) is 12.0. The molecule has 3 aliphatic heterocycles. The number of piperazine rings is 1. The molecule has 1 aromatic rings. The maximum absolute atomic E-state index is 12.8. The highest BCUT2D eigenvalue weighted by Crippen LogP contribution is 2.39. The molecule has 0 saturated carbocycles. The fourth-order valence-electron chi connectivity index (χ4n) is 5.15. The summed E-state index contributed by atoms with van der Waals surface area (Å²) < 4.78 is 0. The molecule has 3 heterocycles. The number of carbonyl (C=O) groups is 2. The average Bonchev–Trinajstić information content (AvgIpc) is 2.81. The van der Waals surface area contributed by atoms with Gasteiger partial charge in [0.1, 0.15) is 6.04 Å². The number of fused-ring (bicyclic) bond motifs is 3. The van der Waals surface area contributed by atoms with Crippen LogP contribution in [0.25, 0.3) is 0 Å². The third-order valence-corrected chi connectivity index (χ3v) is 6.97. The van der Waals surface area contributed by atoms with E-state index >= 15 is 0 Å². The molecule has 0 aromatic heterocycles. The summed E-state index contributed by atoms with van der Waals surface area (Å²) in [5.41, 5.74) is 2.55. The first-order chi connectivity index (χ1) is 15.1. The van der Waals surface area contributed by atoms with Crippen molar-refractivity contribution in [1.29, 1.82) is 0 Å². The van der Waals surface area contributed by atoms with Crippen molar-refractivity contribution < 1.29 is 9.59 Å². The van der Waals surface area contributed by atoms with Crippen molar-refractivity contribution in [1.82, 2.24) is 15.1 Å². The Balaban J connectivity index is 1.28. The minimum Gasteiger partial charge on any atom is -0.358 e. The monoisotopic (exact) mass is 427 g/mol. The lowest BCUT2D eigenvalue weighted by Gasteiger charge is -2.44.